The Bertz CT molecular complexity index is 1180. The van der Waals surface area contributed by atoms with Crippen LogP contribution in [0.25, 0.3) is 10.9 Å². The van der Waals surface area contributed by atoms with Gasteiger partial charge >= 0.3 is 0 Å². The van der Waals surface area contributed by atoms with E-state index in [4.69, 9.17) is 21.4 Å². The van der Waals surface area contributed by atoms with Gasteiger partial charge in [-0.15, -0.1) is 0 Å². The molecule has 3 heterocycles. The number of hydrogen-bond donors (Lipinski definition) is 2. The maximum absolute atomic E-state index is 6.14. The Hall–Kier alpha value is -3.03. The van der Waals surface area contributed by atoms with Crippen LogP contribution in [0.4, 0.5) is 11.5 Å². The lowest BCUT2D eigenvalue weighted by atomic mass is 10.1. The second kappa shape index (κ2) is 7.42. The van der Waals surface area contributed by atoms with Crippen molar-refractivity contribution in [3.05, 3.63) is 83.3 Å². The highest BCUT2D eigenvalue weighted by atomic mass is 35.5. The van der Waals surface area contributed by atoms with E-state index in [1.165, 1.54) is 5.57 Å². The lowest BCUT2D eigenvalue weighted by Gasteiger charge is -2.20. The Balaban J connectivity index is 1.55. The van der Waals surface area contributed by atoms with Gasteiger partial charge in [-0.05, 0) is 48.0 Å². The van der Waals surface area contributed by atoms with E-state index < -0.39 is 0 Å². The van der Waals surface area contributed by atoms with Crippen molar-refractivity contribution in [2.75, 3.05) is 12.4 Å². The van der Waals surface area contributed by atoms with Crippen LogP contribution < -0.4 is 14.8 Å². The van der Waals surface area contributed by atoms with Crippen molar-refractivity contribution in [2.24, 2.45) is 0 Å². The first-order valence-electron chi connectivity index (χ1n) is 9.08. The quantitative estimate of drug-likeness (QED) is 0.550. The van der Waals surface area contributed by atoms with Crippen LogP contribution >= 0.6 is 23.7 Å². The van der Waals surface area contributed by atoms with Gasteiger partial charge in [0, 0.05) is 28.5 Å². The number of aromatic nitrogens is 2. The van der Waals surface area contributed by atoms with Gasteiger partial charge in [0.25, 0.3) is 0 Å². The van der Waals surface area contributed by atoms with Gasteiger partial charge in [-0.2, -0.15) is 5.10 Å². The Morgan fingerprint density at radius 2 is 2.17 bits per heavy atom. The summed E-state index contributed by atoms with van der Waals surface area (Å²) in [5.74, 6) is 1.55. The summed E-state index contributed by atoms with van der Waals surface area (Å²) in [5.41, 5.74) is 4.23. The average Bonchev–Trinajstić information content (AvgIpc) is 3.34. The molecular weight excluding hydrogens is 406 g/mol. The summed E-state index contributed by atoms with van der Waals surface area (Å²) < 4.78 is 12.7. The molecule has 0 fully saturated rings. The van der Waals surface area contributed by atoms with E-state index in [-0.39, 0.29) is 0 Å². The molecule has 3 aromatic rings. The van der Waals surface area contributed by atoms with Crippen LogP contribution in [0.3, 0.4) is 0 Å². The van der Waals surface area contributed by atoms with Crippen molar-refractivity contribution in [1.82, 2.24) is 18.8 Å². The summed E-state index contributed by atoms with van der Waals surface area (Å²) in [4.78, 5) is 0. The summed E-state index contributed by atoms with van der Waals surface area (Å²) >= 11 is 7.69. The number of nitrogens with zero attached hydrogens (tertiary/aromatic N) is 3. The Morgan fingerprint density at radius 3 is 3.03 bits per heavy atom. The Kier molecular flexibility index (Phi) is 4.61. The molecule has 29 heavy (non-hydrogen) atoms. The molecule has 0 unspecified atom stereocenters. The monoisotopic (exact) mass is 423 g/mol. The molecule has 2 N–H and O–H groups in total. The van der Waals surface area contributed by atoms with Crippen LogP contribution in [-0.4, -0.2) is 21.2 Å². The predicted molar refractivity (Wildman–Crippen MR) is 119 cm³/mol. The first-order valence-corrected chi connectivity index (χ1v) is 10.2. The van der Waals surface area contributed by atoms with Gasteiger partial charge in [0.15, 0.2) is 5.82 Å². The molecule has 2 aromatic carbocycles. The third-order valence-electron chi connectivity index (χ3n) is 4.80. The predicted octanol–water partition coefficient (Wildman–Crippen LogP) is 5.21. The van der Waals surface area contributed by atoms with Crippen LogP contribution in [0.15, 0.2) is 78.3 Å². The van der Waals surface area contributed by atoms with Gasteiger partial charge < -0.3 is 14.8 Å². The molecule has 0 atom stereocenters. The van der Waals surface area contributed by atoms with Crippen molar-refractivity contribution in [2.45, 2.75) is 6.54 Å². The first-order chi connectivity index (χ1) is 14.2. The fraction of sp³-hybridized carbons (Fsp3) is 0.0952. The topological polar surface area (TPSA) is 54.4 Å². The normalized spacial score (nSPS) is 15.0. The zero-order valence-electron chi connectivity index (χ0n) is 15.6. The van der Waals surface area contributed by atoms with E-state index >= 15 is 0 Å². The van der Waals surface area contributed by atoms with Gasteiger partial charge in [-0.25, -0.2) is 0 Å². The highest BCUT2D eigenvalue weighted by Gasteiger charge is 2.22. The smallest absolute Gasteiger partial charge is 0.160 e. The molecule has 8 heteroatoms. The van der Waals surface area contributed by atoms with Crippen LogP contribution in [0.1, 0.15) is 0 Å². The summed E-state index contributed by atoms with van der Waals surface area (Å²) in [6, 6.07) is 13.6. The van der Waals surface area contributed by atoms with Crippen molar-refractivity contribution < 1.29 is 4.74 Å². The number of halogens is 1. The maximum Gasteiger partial charge on any atom is 0.160 e. The number of benzene rings is 2. The molecule has 0 saturated carbocycles. The summed E-state index contributed by atoms with van der Waals surface area (Å²) in [5, 5.41) is 9.92. The van der Waals surface area contributed by atoms with Crippen LogP contribution in [0, 0.1) is 0 Å². The fourth-order valence-electron chi connectivity index (χ4n) is 3.42. The van der Waals surface area contributed by atoms with Crippen molar-refractivity contribution >= 4 is 46.1 Å². The molecule has 0 radical (unpaired) electrons. The number of ether oxygens (including phenoxy) is 1. The molecule has 1 aromatic heterocycles. The minimum Gasteiger partial charge on any atom is -0.497 e. The molecule has 5 rings (SSSR count). The van der Waals surface area contributed by atoms with Gasteiger partial charge in [-0.3, -0.25) is 8.99 Å². The summed E-state index contributed by atoms with van der Waals surface area (Å²) in [6.45, 7) is 0.648. The number of allylic oxidation sites excluding steroid dienone is 3. The number of nitrogens with one attached hydrogen (secondary N) is 2. The molecular formula is C21H18ClN5OS. The number of anilines is 2. The van der Waals surface area contributed by atoms with Gasteiger partial charge in [0.2, 0.25) is 0 Å². The molecule has 2 aliphatic heterocycles. The third kappa shape index (κ3) is 3.43. The number of rotatable bonds is 5. The van der Waals surface area contributed by atoms with E-state index in [0.717, 1.165) is 33.9 Å². The second-order valence-electron chi connectivity index (χ2n) is 6.62. The minimum atomic E-state index is 0.648. The Morgan fingerprint density at radius 1 is 1.24 bits per heavy atom. The zero-order valence-corrected chi connectivity index (χ0v) is 17.2. The summed E-state index contributed by atoms with van der Waals surface area (Å²) in [7, 11) is 1.67. The fourth-order valence-corrected chi connectivity index (χ4v) is 4.28. The first kappa shape index (κ1) is 18.0. The van der Waals surface area contributed by atoms with Crippen molar-refractivity contribution in [3.8, 4) is 5.75 Å². The van der Waals surface area contributed by atoms with E-state index in [1.807, 2.05) is 65.6 Å². The molecule has 0 bridgehead atoms. The Labute approximate surface area is 177 Å². The third-order valence-corrected chi connectivity index (χ3v) is 5.77. The lowest BCUT2D eigenvalue weighted by molar-refractivity contribution is 0.415. The SMILES string of the molecule is COc1ccc2c(c1)c(Nc1cccc(Cl)c1)nn2CC1=CC=CN2SNC=C12. The number of methoxy groups -OCH3 is 1. The van der Waals surface area contributed by atoms with Gasteiger partial charge in [0.05, 0.1) is 37.0 Å². The molecule has 2 aliphatic rings. The van der Waals surface area contributed by atoms with E-state index in [1.54, 1.807) is 19.2 Å². The number of hydrogen-bond acceptors (Lipinski definition) is 6. The largest absolute Gasteiger partial charge is 0.497 e. The standard InChI is InChI=1S/C21H18ClN5OS/c1-28-17-7-8-19-18(11-17)21(24-16-6-2-5-15(22)10-16)25-26(19)13-14-4-3-9-27-20(14)12-23-29-27/h2-12,23H,13H2,1H3,(H,24,25). The highest BCUT2D eigenvalue weighted by molar-refractivity contribution is 7.95. The second-order valence-corrected chi connectivity index (χ2v) is 7.87. The molecule has 6 nitrogen and oxygen atoms in total. The van der Waals surface area contributed by atoms with Crippen molar-refractivity contribution in [3.63, 3.8) is 0 Å². The maximum atomic E-state index is 6.14. The number of fused-ring (bicyclic) bond motifs is 2. The molecule has 0 saturated heterocycles. The van der Waals surface area contributed by atoms with E-state index in [2.05, 4.69) is 20.4 Å². The van der Waals surface area contributed by atoms with Crippen LogP contribution in [-0.2, 0) is 6.54 Å². The molecule has 0 aliphatic carbocycles. The lowest BCUT2D eigenvalue weighted by Crippen LogP contribution is -2.14. The van der Waals surface area contributed by atoms with Crippen LogP contribution in [0.5, 0.6) is 5.75 Å². The molecule has 0 amide bonds. The molecule has 0 spiro atoms. The average molecular weight is 424 g/mol. The van der Waals surface area contributed by atoms with E-state index in [0.29, 0.717) is 11.6 Å². The van der Waals surface area contributed by atoms with Crippen LogP contribution in [0.2, 0.25) is 5.02 Å². The van der Waals surface area contributed by atoms with Gasteiger partial charge in [0.1, 0.15) is 5.75 Å². The van der Waals surface area contributed by atoms with E-state index in [9.17, 15) is 0 Å². The highest BCUT2D eigenvalue weighted by Crippen LogP contribution is 2.34. The molecule has 146 valence electrons. The zero-order chi connectivity index (χ0) is 19.8. The van der Waals surface area contributed by atoms with Crippen molar-refractivity contribution in [1.29, 1.82) is 0 Å². The minimum absolute atomic E-state index is 0.648. The summed E-state index contributed by atoms with van der Waals surface area (Å²) in [6.07, 6.45) is 8.22. The van der Waals surface area contributed by atoms with Gasteiger partial charge in [-0.1, -0.05) is 23.7 Å².